The van der Waals surface area contributed by atoms with Crippen LogP contribution in [0, 0.1) is 0 Å². The molecule has 0 saturated carbocycles. The maximum Gasteiger partial charge on any atom is 0.354 e. The number of hydrogen-bond donors (Lipinski definition) is 1. The molecule has 1 N–H and O–H groups in total. The number of esters is 1. The topological polar surface area (TPSA) is 60.5 Å². The maximum atomic E-state index is 11.7. The SMILES string of the molecule is CCCCOc1cc(OC(C)C)cc2[nH]c(C(=O)OC)cc12. The van der Waals surface area contributed by atoms with Crippen molar-refractivity contribution in [2.24, 2.45) is 0 Å². The normalized spacial score (nSPS) is 11.0. The Morgan fingerprint density at radius 2 is 2.05 bits per heavy atom. The lowest BCUT2D eigenvalue weighted by atomic mass is 10.2. The Bertz CT molecular complexity index is 645. The van der Waals surface area contributed by atoms with E-state index >= 15 is 0 Å². The van der Waals surface area contributed by atoms with Crippen molar-refractivity contribution in [2.45, 2.75) is 39.7 Å². The van der Waals surface area contributed by atoms with Gasteiger partial charge in [0.2, 0.25) is 0 Å². The summed E-state index contributed by atoms with van der Waals surface area (Å²) in [5.74, 6) is 1.03. The van der Waals surface area contributed by atoms with Gasteiger partial charge in [-0.3, -0.25) is 0 Å². The summed E-state index contributed by atoms with van der Waals surface area (Å²) in [6.07, 6.45) is 2.10. The summed E-state index contributed by atoms with van der Waals surface area (Å²) in [5, 5.41) is 0.854. The van der Waals surface area contributed by atoms with E-state index in [-0.39, 0.29) is 6.10 Å². The van der Waals surface area contributed by atoms with E-state index in [9.17, 15) is 4.79 Å². The van der Waals surface area contributed by atoms with Gasteiger partial charge >= 0.3 is 5.97 Å². The zero-order chi connectivity index (χ0) is 16.1. The van der Waals surface area contributed by atoms with E-state index < -0.39 is 5.97 Å². The van der Waals surface area contributed by atoms with Crippen LogP contribution in [0.4, 0.5) is 0 Å². The third-order valence-corrected chi connectivity index (χ3v) is 3.21. The average molecular weight is 305 g/mol. The summed E-state index contributed by atoms with van der Waals surface area (Å²) in [4.78, 5) is 14.7. The van der Waals surface area contributed by atoms with Crippen molar-refractivity contribution >= 4 is 16.9 Å². The molecule has 0 aliphatic heterocycles. The Balaban J connectivity index is 2.41. The predicted molar refractivity (Wildman–Crippen MR) is 85.8 cm³/mol. The van der Waals surface area contributed by atoms with E-state index in [4.69, 9.17) is 14.2 Å². The average Bonchev–Trinajstić information content (AvgIpc) is 2.90. The molecule has 1 aromatic heterocycles. The van der Waals surface area contributed by atoms with Crippen LogP contribution in [0.1, 0.15) is 44.1 Å². The molecule has 0 atom stereocenters. The van der Waals surface area contributed by atoms with Gasteiger partial charge in [-0.05, 0) is 26.3 Å². The first-order chi connectivity index (χ1) is 10.5. The first kappa shape index (κ1) is 16.2. The minimum Gasteiger partial charge on any atom is -0.493 e. The summed E-state index contributed by atoms with van der Waals surface area (Å²) in [5.41, 5.74) is 1.20. The number of methoxy groups -OCH3 is 1. The van der Waals surface area contributed by atoms with Crippen LogP contribution >= 0.6 is 0 Å². The van der Waals surface area contributed by atoms with Crippen LogP contribution in [0.5, 0.6) is 11.5 Å². The van der Waals surface area contributed by atoms with Crippen molar-refractivity contribution < 1.29 is 19.0 Å². The Hall–Kier alpha value is -2.17. The number of nitrogens with one attached hydrogen (secondary N) is 1. The van der Waals surface area contributed by atoms with Gasteiger partial charge in [-0.25, -0.2) is 4.79 Å². The highest BCUT2D eigenvalue weighted by atomic mass is 16.5. The van der Waals surface area contributed by atoms with Gasteiger partial charge in [-0.1, -0.05) is 13.3 Å². The minimum absolute atomic E-state index is 0.0657. The van der Waals surface area contributed by atoms with Crippen LogP contribution < -0.4 is 9.47 Å². The molecule has 2 aromatic rings. The second-order valence-corrected chi connectivity index (χ2v) is 5.43. The van der Waals surface area contributed by atoms with Gasteiger partial charge in [0.25, 0.3) is 0 Å². The number of rotatable bonds is 7. The number of unbranched alkanes of at least 4 members (excludes halogenated alkanes) is 1. The van der Waals surface area contributed by atoms with Gasteiger partial charge < -0.3 is 19.2 Å². The van der Waals surface area contributed by atoms with Gasteiger partial charge in [0.05, 0.1) is 25.3 Å². The van der Waals surface area contributed by atoms with Crippen molar-refractivity contribution in [3.8, 4) is 11.5 Å². The van der Waals surface area contributed by atoms with Crippen LogP contribution in [0.25, 0.3) is 10.9 Å². The van der Waals surface area contributed by atoms with Gasteiger partial charge in [-0.2, -0.15) is 0 Å². The van der Waals surface area contributed by atoms with Crippen molar-refractivity contribution in [2.75, 3.05) is 13.7 Å². The number of ether oxygens (including phenoxy) is 3. The molecule has 0 amide bonds. The summed E-state index contributed by atoms with van der Waals surface area (Å²) in [6.45, 7) is 6.69. The van der Waals surface area contributed by atoms with Gasteiger partial charge in [-0.15, -0.1) is 0 Å². The zero-order valence-corrected chi connectivity index (χ0v) is 13.6. The van der Waals surface area contributed by atoms with E-state index in [0.29, 0.717) is 23.8 Å². The molecule has 2 rings (SSSR count). The molecular weight excluding hydrogens is 282 g/mol. The van der Waals surface area contributed by atoms with E-state index in [2.05, 4.69) is 11.9 Å². The fourth-order valence-electron chi connectivity index (χ4n) is 2.19. The second-order valence-electron chi connectivity index (χ2n) is 5.43. The molecule has 0 saturated heterocycles. The van der Waals surface area contributed by atoms with Crippen LogP contribution in [-0.4, -0.2) is 30.8 Å². The molecule has 0 aliphatic carbocycles. The van der Waals surface area contributed by atoms with E-state index in [0.717, 1.165) is 23.7 Å². The van der Waals surface area contributed by atoms with Crippen molar-refractivity contribution in [1.82, 2.24) is 4.98 Å². The maximum absolute atomic E-state index is 11.7. The Labute approximate surface area is 130 Å². The highest BCUT2D eigenvalue weighted by Gasteiger charge is 2.15. The number of aromatic amines is 1. The van der Waals surface area contributed by atoms with Gasteiger partial charge in [0.1, 0.15) is 17.2 Å². The van der Waals surface area contributed by atoms with Gasteiger partial charge in [0.15, 0.2) is 0 Å². The standard InChI is InChI=1S/C17H23NO4/c1-5-6-7-21-16-9-12(22-11(2)3)8-14-13(16)10-15(18-14)17(19)20-4/h8-11,18H,5-7H2,1-4H3. The zero-order valence-electron chi connectivity index (χ0n) is 13.6. The summed E-state index contributed by atoms with van der Waals surface area (Å²) >= 11 is 0. The number of aromatic nitrogens is 1. The molecule has 5 nitrogen and oxygen atoms in total. The number of carbonyl (C=O) groups is 1. The highest BCUT2D eigenvalue weighted by Crippen LogP contribution is 2.32. The molecule has 0 radical (unpaired) electrons. The number of fused-ring (bicyclic) bond motifs is 1. The summed E-state index contributed by atoms with van der Waals surface area (Å²) in [6, 6.07) is 5.49. The lowest BCUT2D eigenvalue weighted by Gasteiger charge is -2.13. The lowest BCUT2D eigenvalue weighted by molar-refractivity contribution is 0.0595. The van der Waals surface area contributed by atoms with Crippen LogP contribution in [0.15, 0.2) is 18.2 Å². The van der Waals surface area contributed by atoms with Gasteiger partial charge in [0, 0.05) is 17.5 Å². The number of hydrogen-bond acceptors (Lipinski definition) is 4. The van der Waals surface area contributed by atoms with E-state index in [1.807, 2.05) is 26.0 Å². The quantitative estimate of drug-likeness (QED) is 0.622. The molecule has 1 heterocycles. The van der Waals surface area contributed by atoms with Crippen molar-refractivity contribution in [3.05, 3.63) is 23.9 Å². The van der Waals surface area contributed by atoms with Crippen molar-refractivity contribution in [3.63, 3.8) is 0 Å². The molecule has 1 aromatic carbocycles. The number of carbonyl (C=O) groups excluding carboxylic acids is 1. The third kappa shape index (κ3) is 3.72. The first-order valence-electron chi connectivity index (χ1n) is 7.59. The number of benzene rings is 1. The monoisotopic (exact) mass is 305 g/mol. The highest BCUT2D eigenvalue weighted by molar-refractivity contribution is 5.97. The molecule has 0 unspecified atom stereocenters. The smallest absolute Gasteiger partial charge is 0.354 e. The predicted octanol–water partition coefficient (Wildman–Crippen LogP) is 3.92. The van der Waals surface area contributed by atoms with Crippen molar-refractivity contribution in [1.29, 1.82) is 0 Å². The largest absolute Gasteiger partial charge is 0.493 e. The lowest BCUT2D eigenvalue weighted by Crippen LogP contribution is -2.06. The van der Waals surface area contributed by atoms with Crippen LogP contribution in [0.2, 0.25) is 0 Å². The Kier molecular flexibility index (Phi) is 5.31. The van der Waals surface area contributed by atoms with E-state index in [1.54, 1.807) is 6.07 Å². The molecular formula is C17H23NO4. The number of H-pyrrole nitrogens is 1. The minimum atomic E-state index is -0.401. The van der Waals surface area contributed by atoms with E-state index in [1.165, 1.54) is 7.11 Å². The Morgan fingerprint density at radius 3 is 2.68 bits per heavy atom. The molecule has 0 aliphatic rings. The third-order valence-electron chi connectivity index (χ3n) is 3.21. The molecule has 0 bridgehead atoms. The molecule has 0 fully saturated rings. The molecule has 120 valence electrons. The first-order valence-corrected chi connectivity index (χ1v) is 7.59. The molecule has 0 spiro atoms. The summed E-state index contributed by atoms with van der Waals surface area (Å²) in [7, 11) is 1.36. The second kappa shape index (κ2) is 7.20. The van der Waals surface area contributed by atoms with Crippen LogP contribution in [0.3, 0.4) is 0 Å². The van der Waals surface area contributed by atoms with Crippen LogP contribution in [-0.2, 0) is 4.74 Å². The fraction of sp³-hybridized carbons (Fsp3) is 0.471. The molecule has 5 heteroatoms. The summed E-state index contributed by atoms with van der Waals surface area (Å²) < 4.78 is 16.4. The Morgan fingerprint density at radius 1 is 1.27 bits per heavy atom. The molecule has 22 heavy (non-hydrogen) atoms. The fourth-order valence-corrected chi connectivity index (χ4v) is 2.19.